The number of ether oxygens (including phenoxy) is 2. The Morgan fingerprint density at radius 3 is 2.16 bits per heavy atom. The number of hydrogen-bond acceptors (Lipinski definition) is 7. The molecule has 4 rings (SSSR count). The summed E-state index contributed by atoms with van der Waals surface area (Å²) in [4.78, 5) is 66.4. The third-order valence-corrected chi connectivity index (χ3v) is 8.74. The molecular weight excluding hydrogens is 478 g/mol. The van der Waals surface area contributed by atoms with E-state index < -0.39 is 47.0 Å². The number of ketones is 1. The lowest BCUT2D eigenvalue weighted by atomic mass is 9.83. The fourth-order valence-electron chi connectivity index (χ4n) is 6.41. The van der Waals surface area contributed by atoms with Crippen molar-refractivity contribution >= 4 is 29.7 Å². The summed E-state index contributed by atoms with van der Waals surface area (Å²) in [5, 5.41) is 5.63. The zero-order valence-electron chi connectivity index (χ0n) is 22.8. The van der Waals surface area contributed by atoms with Crippen molar-refractivity contribution in [3.8, 4) is 0 Å². The first-order valence-electron chi connectivity index (χ1n) is 13.5. The van der Waals surface area contributed by atoms with Crippen LogP contribution in [0.15, 0.2) is 0 Å². The topological polar surface area (TPSA) is 131 Å². The number of rotatable bonds is 7. The van der Waals surface area contributed by atoms with Gasteiger partial charge in [0.25, 0.3) is 5.78 Å². The molecule has 3 amide bonds. The van der Waals surface area contributed by atoms with Gasteiger partial charge in [-0.05, 0) is 69.6 Å². The molecule has 10 heteroatoms. The number of piperidine rings is 1. The third-order valence-electron chi connectivity index (χ3n) is 8.74. The minimum absolute atomic E-state index is 0.0434. The molecule has 1 saturated heterocycles. The van der Waals surface area contributed by atoms with E-state index in [0.717, 1.165) is 39.2 Å². The Hall–Kier alpha value is -2.65. The van der Waals surface area contributed by atoms with E-state index in [1.165, 1.54) is 0 Å². The van der Waals surface area contributed by atoms with E-state index in [-0.39, 0.29) is 29.1 Å². The lowest BCUT2D eigenvalue weighted by Gasteiger charge is -2.37. The monoisotopic (exact) mass is 519 g/mol. The van der Waals surface area contributed by atoms with Crippen molar-refractivity contribution in [1.29, 1.82) is 0 Å². The van der Waals surface area contributed by atoms with Gasteiger partial charge in [0.15, 0.2) is 0 Å². The van der Waals surface area contributed by atoms with E-state index in [1.54, 1.807) is 25.7 Å². The van der Waals surface area contributed by atoms with E-state index in [0.29, 0.717) is 19.4 Å². The predicted molar refractivity (Wildman–Crippen MR) is 133 cm³/mol. The number of carbonyl (C=O) groups excluding carboxylic acids is 5. The lowest BCUT2D eigenvalue weighted by Crippen LogP contribution is -2.60. The van der Waals surface area contributed by atoms with Crippen molar-refractivity contribution in [2.45, 2.75) is 103 Å². The maximum atomic E-state index is 14.0. The summed E-state index contributed by atoms with van der Waals surface area (Å²) in [6.07, 6.45) is 4.73. The zero-order chi connectivity index (χ0) is 27.3. The van der Waals surface area contributed by atoms with Gasteiger partial charge in [-0.25, -0.2) is 9.59 Å². The van der Waals surface area contributed by atoms with Gasteiger partial charge in [-0.3, -0.25) is 14.4 Å². The third kappa shape index (κ3) is 5.34. The minimum atomic E-state index is -1.26. The molecular formula is C27H41N3O7. The first-order chi connectivity index (χ1) is 17.2. The average molecular weight is 520 g/mol. The number of esters is 1. The number of Topliss-reactive ketones (excluding diaryl/α,β-unsaturated/α-hetero) is 1. The first-order valence-corrected chi connectivity index (χ1v) is 13.5. The number of carbonyl (C=O) groups is 5. The summed E-state index contributed by atoms with van der Waals surface area (Å²) < 4.78 is 10.0. The highest BCUT2D eigenvalue weighted by molar-refractivity contribution is 6.38. The van der Waals surface area contributed by atoms with E-state index >= 15 is 0 Å². The van der Waals surface area contributed by atoms with Gasteiger partial charge in [-0.1, -0.05) is 33.1 Å². The summed E-state index contributed by atoms with van der Waals surface area (Å²) in [6, 6.07) is -1.57. The number of nitrogens with zero attached hydrogens (tertiary/aromatic N) is 1. The molecule has 2 N–H and O–H groups in total. The van der Waals surface area contributed by atoms with Crippen LogP contribution >= 0.6 is 0 Å². The Labute approximate surface area is 218 Å². The van der Waals surface area contributed by atoms with Crippen LogP contribution in [0.25, 0.3) is 0 Å². The van der Waals surface area contributed by atoms with Crippen LogP contribution in [-0.4, -0.2) is 71.4 Å². The van der Waals surface area contributed by atoms with Crippen molar-refractivity contribution < 1.29 is 33.4 Å². The lowest BCUT2D eigenvalue weighted by molar-refractivity contribution is -0.154. The highest BCUT2D eigenvalue weighted by Gasteiger charge is 2.70. The second-order valence-corrected chi connectivity index (χ2v) is 12.8. The zero-order valence-corrected chi connectivity index (χ0v) is 22.8. The molecule has 0 aromatic carbocycles. The van der Waals surface area contributed by atoms with Crippen LogP contribution in [0.2, 0.25) is 0 Å². The van der Waals surface area contributed by atoms with E-state index in [4.69, 9.17) is 4.74 Å². The fraction of sp³-hybridized carbons (Fsp3) is 0.815. The van der Waals surface area contributed by atoms with Gasteiger partial charge in [0.05, 0.1) is 7.11 Å². The predicted octanol–water partition coefficient (Wildman–Crippen LogP) is 2.33. The van der Waals surface area contributed by atoms with Gasteiger partial charge in [0.1, 0.15) is 23.2 Å². The van der Waals surface area contributed by atoms with Crippen molar-refractivity contribution in [3.63, 3.8) is 0 Å². The normalized spacial score (nSPS) is 28.4. The number of fused-ring (bicyclic) bond motifs is 1. The molecule has 0 radical (unpaired) electrons. The summed E-state index contributed by atoms with van der Waals surface area (Å²) in [7, 11) is 1.13. The fourth-order valence-corrected chi connectivity index (χ4v) is 6.41. The minimum Gasteiger partial charge on any atom is -0.463 e. The molecule has 0 aromatic heterocycles. The Bertz CT molecular complexity index is 975. The highest BCUT2D eigenvalue weighted by Crippen LogP contribution is 2.65. The van der Waals surface area contributed by atoms with E-state index in [9.17, 15) is 24.0 Å². The molecule has 206 valence electrons. The molecule has 0 aromatic rings. The van der Waals surface area contributed by atoms with Gasteiger partial charge >= 0.3 is 12.1 Å². The molecule has 0 unspecified atom stereocenters. The van der Waals surface area contributed by atoms with Crippen LogP contribution in [0.1, 0.15) is 79.6 Å². The average Bonchev–Trinajstić information content (AvgIpc) is 3.64. The Balaban J connectivity index is 1.56. The molecule has 0 bridgehead atoms. The Kier molecular flexibility index (Phi) is 7.09. The summed E-state index contributed by atoms with van der Waals surface area (Å²) in [5.74, 6) is -2.43. The molecule has 10 nitrogen and oxygen atoms in total. The van der Waals surface area contributed by atoms with Gasteiger partial charge in [-0.15, -0.1) is 0 Å². The Morgan fingerprint density at radius 2 is 1.62 bits per heavy atom. The van der Waals surface area contributed by atoms with Crippen LogP contribution in [-0.2, 0) is 28.7 Å². The molecule has 4 fully saturated rings. The number of likely N-dealkylation sites (tertiary alicyclic amines) is 1. The van der Waals surface area contributed by atoms with Gasteiger partial charge in [0.2, 0.25) is 11.8 Å². The van der Waals surface area contributed by atoms with Crippen molar-refractivity contribution in [1.82, 2.24) is 15.5 Å². The SMILES string of the molecule is COC(=O)C(=O)C1(NC(=O)[C@@H]2[C@@H]3[C@H](CN2C(=O)[C@@H](NC(=O)OC(C)(C)C)C2CCCCC2)C3(C)C)CC1. The molecule has 1 heterocycles. The van der Waals surface area contributed by atoms with E-state index in [1.807, 2.05) is 0 Å². The quantitative estimate of drug-likeness (QED) is 0.390. The smallest absolute Gasteiger partial charge is 0.408 e. The van der Waals surface area contributed by atoms with Gasteiger partial charge in [0, 0.05) is 6.54 Å². The highest BCUT2D eigenvalue weighted by atomic mass is 16.6. The van der Waals surface area contributed by atoms with Crippen LogP contribution in [0.3, 0.4) is 0 Å². The number of methoxy groups -OCH3 is 1. The van der Waals surface area contributed by atoms with E-state index in [2.05, 4.69) is 29.2 Å². The standard InChI is InChI=1S/C27H41N3O7/c1-25(2,3)37-24(35)28-18(15-10-8-7-9-11-15)22(33)30-14-16-17(26(16,4)5)19(30)21(32)29-27(12-13-27)20(31)23(34)36-6/h15-19H,7-14H2,1-6H3,(H,28,35)(H,29,32)/t16-,17-,18-,19-/m0/s1. The molecule has 3 saturated carbocycles. The molecule has 4 atom stereocenters. The molecule has 3 aliphatic carbocycles. The maximum absolute atomic E-state index is 14.0. The van der Waals surface area contributed by atoms with Gasteiger partial charge < -0.3 is 25.0 Å². The van der Waals surface area contributed by atoms with Crippen molar-refractivity contribution in [3.05, 3.63) is 0 Å². The van der Waals surface area contributed by atoms with Crippen LogP contribution < -0.4 is 10.6 Å². The number of nitrogens with one attached hydrogen (secondary N) is 2. The number of alkyl carbamates (subject to hydrolysis) is 1. The molecule has 1 aliphatic heterocycles. The molecule has 37 heavy (non-hydrogen) atoms. The molecule has 0 spiro atoms. The van der Waals surface area contributed by atoms with Crippen LogP contribution in [0.4, 0.5) is 4.79 Å². The van der Waals surface area contributed by atoms with Gasteiger partial charge in [-0.2, -0.15) is 0 Å². The van der Waals surface area contributed by atoms with Crippen LogP contribution in [0, 0.1) is 23.2 Å². The summed E-state index contributed by atoms with van der Waals surface area (Å²) >= 11 is 0. The summed E-state index contributed by atoms with van der Waals surface area (Å²) in [5.41, 5.74) is -2.09. The van der Waals surface area contributed by atoms with Crippen molar-refractivity contribution in [2.24, 2.45) is 23.2 Å². The second-order valence-electron chi connectivity index (χ2n) is 12.8. The number of hydrogen-bond donors (Lipinski definition) is 2. The summed E-state index contributed by atoms with van der Waals surface area (Å²) in [6.45, 7) is 9.87. The first kappa shape index (κ1) is 27.4. The second kappa shape index (κ2) is 9.58. The van der Waals surface area contributed by atoms with Crippen molar-refractivity contribution in [2.75, 3.05) is 13.7 Å². The Morgan fingerprint density at radius 1 is 1.00 bits per heavy atom. The largest absolute Gasteiger partial charge is 0.463 e. The maximum Gasteiger partial charge on any atom is 0.408 e. The number of amides is 3. The van der Waals surface area contributed by atoms with Crippen LogP contribution in [0.5, 0.6) is 0 Å². The molecule has 4 aliphatic rings.